The number of alkyl halides is 3. The molecule has 0 bridgehead atoms. The van der Waals surface area contributed by atoms with Gasteiger partial charge in [-0.2, -0.15) is 13.2 Å². The number of esters is 1. The molecule has 1 spiro atoms. The summed E-state index contributed by atoms with van der Waals surface area (Å²) in [4.78, 5) is 12.9. The van der Waals surface area contributed by atoms with Gasteiger partial charge in [0.15, 0.2) is 18.0 Å². The van der Waals surface area contributed by atoms with E-state index in [0.29, 0.717) is 35.0 Å². The third-order valence-corrected chi connectivity index (χ3v) is 6.97. The molecular formula is C18H18BrClF3O5PS. The number of aryl methyl sites for hydroxylation is 1. The van der Waals surface area contributed by atoms with E-state index >= 15 is 0 Å². The number of rotatable bonds is 5. The van der Waals surface area contributed by atoms with E-state index in [1.165, 1.54) is 6.66 Å². The highest BCUT2D eigenvalue weighted by Crippen LogP contribution is 2.55. The van der Waals surface area contributed by atoms with Crippen LogP contribution in [-0.2, 0) is 35.1 Å². The maximum atomic E-state index is 12.9. The Bertz CT molecular complexity index is 923. The van der Waals surface area contributed by atoms with Crippen LogP contribution in [0.25, 0.3) is 5.57 Å². The first-order chi connectivity index (χ1) is 13.8. The van der Waals surface area contributed by atoms with E-state index in [-0.39, 0.29) is 23.0 Å². The summed E-state index contributed by atoms with van der Waals surface area (Å²) < 4.78 is 60.6. The molecule has 2 aliphatic heterocycles. The van der Waals surface area contributed by atoms with Gasteiger partial charge < -0.3 is 18.5 Å². The van der Waals surface area contributed by atoms with Crippen molar-refractivity contribution in [3.05, 3.63) is 38.5 Å². The lowest BCUT2D eigenvalue weighted by atomic mass is 9.91. The molecule has 2 aliphatic rings. The predicted molar refractivity (Wildman–Crippen MR) is 113 cm³/mol. The van der Waals surface area contributed by atoms with Gasteiger partial charge in [0.2, 0.25) is 6.49 Å². The van der Waals surface area contributed by atoms with Crippen LogP contribution < -0.4 is 0 Å². The number of carbonyl (C=O) groups excluding carboxylic acids is 1. The molecular weight excluding hydrogens is 532 g/mol. The standard InChI is InChI=1S/C18H18BrClF3O5PS/c1-10-6-11(19)7-12(20)13(10)14-15(28-29(2,30)26-9-18(21,22)23)17(27-16(14)24)4-3-5-25-8-17/h6-7H,3-5,8-9H2,1-2H3. The predicted octanol–water partition coefficient (Wildman–Crippen LogP) is 5.76. The van der Waals surface area contributed by atoms with Crippen molar-refractivity contribution in [2.45, 2.75) is 31.5 Å². The molecule has 0 saturated carbocycles. The second-order valence-electron chi connectivity index (χ2n) is 7.07. The summed E-state index contributed by atoms with van der Waals surface area (Å²) in [5.41, 5.74) is -0.234. The first-order valence-electron chi connectivity index (χ1n) is 8.84. The zero-order valence-corrected chi connectivity index (χ0v) is 20.0. The molecule has 1 fully saturated rings. The average Bonchev–Trinajstić information content (AvgIpc) is 2.84. The minimum atomic E-state index is -4.57. The number of benzene rings is 1. The monoisotopic (exact) mass is 548 g/mol. The maximum Gasteiger partial charge on any atom is 0.412 e. The van der Waals surface area contributed by atoms with E-state index in [2.05, 4.69) is 15.9 Å². The molecule has 0 aliphatic carbocycles. The van der Waals surface area contributed by atoms with Crippen LogP contribution in [0.3, 0.4) is 0 Å². The fraction of sp³-hybridized carbons (Fsp3) is 0.500. The Balaban J connectivity index is 2.12. The second kappa shape index (κ2) is 8.71. The number of halogens is 5. The van der Waals surface area contributed by atoms with E-state index in [9.17, 15) is 18.0 Å². The highest BCUT2D eigenvalue weighted by Gasteiger charge is 2.53. The van der Waals surface area contributed by atoms with E-state index in [4.69, 9.17) is 41.9 Å². The minimum Gasteiger partial charge on any atom is -0.445 e. The van der Waals surface area contributed by atoms with E-state index < -0.39 is 30.8 Å². The van der Waals surface area contributed by atoms with Crippen molar-refractivity contribution < 1.29 is 36.5 Å². The third kappa shape index (κ3) is 5.22. The van der Waals surface area contributed by atoms with E-state index in [1.54, 1.807) is 19.1 Å². The van der Waals surface area contributed by atoms with Crippen LogP contribution in [-0.4, -0.2) is 44.2 Å². The lowest BCUT2D eigenvalue weighted by molar-refractivity contribution is -0.159. The Morgan fingerprint density at radius 1 is 1.40 bits per heavy atom. The lowest BCUT2D eigenvalue weighted by Gasteiger charge is -2.35. The minimum absolute atomic E-state index is 0.000623. The molecule has 0 radical (unpaired) electrons. The molecule has 12 heteroatoms. The largest absolute Gasteiger partial charge is 0.445 e. The average molecular weight is 550 g/mol. The summed E-state index contributed by atoms with van der Waals surface area (Å²) >= 11 is 15.0. The number of hydrogen-bond acceptors (Lipinski definition) is 6. The number of hydrogen-bond donors (Lipinski definition) is 0. The summed E-state index contributed by atoms with van der Waals surface area (Å²) in [5, 5.41) is 0.254. The van der Waals surface area contributed by atoms with Gasteiger partial charge in [-0.05, 0) is 49.3 Å². The summed E-state index contributed by atoms with van der Waals surface area (Å²) in [5.74, 6) is -0.679. The van der Waals surface area contributed by atoms with E-state index in [0.717, 1.165) is 0 Å². The SMILES string of the molecule is Cc1cc(Br)cc(Cl)c1C1=C(OP(C)(=S)OCC(F)(F)F)C2(CCCOC2)OC1=O. The maximum absolute atomic E-state index is 12.9. The highest BCUT2D eigenvalue weighted by molar-refractivity contribution is 9.10. The molecule has 1 aromatic rings. The molecule has 1 aromatic carbocycles. The van der Waals surface area contributed by atoms with Crippen LogP contribution in [0.15, 0.2) is 22.4 Å². The van der Waals surface area contributed by atoms with Crippen molar-refractivity contribution >= 4 is 57.4 Å². The van der Waals surface area contributed by atoms with Gasteiger partial charge in [0.25, 0.3) is 0 Å². The van der Waals surface area contributed by atoms with Gasteiger partial charge in [-0.15, -0.1) is 0 Å². The van der Waals surface area contributed by atoms with Crippen molar-refractivity contribution in [3.63, 3.8) is 0 Å². The van der Waals surface area contributed by atoms with Crippen LogP contribution in [0.4, 0.5) is 13.2 Å². The number of carbonyl (C=O) groups is 1. The molecule has 2 unspecified atom stereocenters. The highest BCUT2D eigenvalue weighted by atomic mass is 79.9. The Morgan fingerprint density at radius 3 is 2.67 bits per heavy atom. The van der Waals surface area contributed by atoms with Gasteiger partial charge in [0, 0.05) is 23.3 Å². The number of ether oxygens (including phenoxy) is 2. The van der Waals surface area contributed by atoms with Crippen molar-refractivity contribution in [2.75, 3.05) is 26.5 Å². The molecule has 0 N–H and O–H groups in total. The smallest absolute Gasteiger partial charge is 0.412 e. The van der Waals surface area contributed by atoms with Crippen LogP contribution in [0, 0.1) is 6.92 Å². The lowest BCUT2D eigenvalue weighted by Crippen LogP contribution is -2.41. The fourth-order valence-corrected chi connectivity index (χ4v) is 5.84. The zero-order valence-electron chi connectivity index (χ0n) is 16.0. The molecule has 0 aromatic heterocycles. The Labute approximate surface area is 190 Å². The van der Waals surface area contributed by atoms with Gasteiger partial charge in [-0.25, -0.2) is 4.79 Å². The van der Waals surface area contributed by atoms with Gasteiger partial charge in [-0.3, -0.25) is 0 Å². The van der Waals surface area contributed by atoms with E-state index in [1.807, 2.05) is 0 Å². The summed E-state index contributed by atoms with van der Waals surface area (Å²) in [6, 6.07) is 3.36. The molecule has 3 rings (SSSR count). The van der Waals surface area contributed by atoms with Gasteiger partial charge in [0.05, 0.1) is 11.6 Å². The van der Waals surface area contributed by atoms with Crippen molar-refractivity contribution in [1.29, 1.82) is 0 Å². The van der Waals surface area contributed by atoms with Gasteiger partial charge in [-0.1, -0.05) is 27.5 Å². The summed E-state index contributed by atoms with van der Waals surface area (Å²) in [6.07, 6.45) is -3.63. The zero-order chi connectivity index (χ0) is 22.3. The molecule has 0 amide bonds. The topological polar surface area (TPSA) is 54.0 Å². The van der Waals surface area contributed by atoms with Crippen molar-refractivity contribution in [2.24, 2.45) is 0 Å². The Kier molecular flexibility index (Phi) is 6.97. The van der Waals surface area contributed by atoms with Crippen LogP contribution in [0.2, 0.25) is 5.02 Å². The molecule has 2 atom stereocenters. The quantitative estimate of drug-likeness (QED) is 0.344. The Morgan fingerprint density at radius 2 is 2.10 bits per heavy atom. The molecule has 5 nitrogen and oxygen atoms in total. The first kappa shape index (κ1) is 24.0. The van der Waals surface area contributed by atoms with Gasteiger partial charge >= 0.3 is 12.1 Å². The molecule has 30 heavy (non-hydrogen) atoms. The van der Waals surface area contributed by atoms with Crippen LogP contribution >= 0.6 is 34.0 Å². The van der Waals surface area contributed by atoms with Gasteiger partial charge in [0.1, 0.15) is 5.57 Å². The summed E-state index contributed by atoms with van der Waals surface area (Å²) in [6.45, 7) is -1.52. The second-order valence-corrected chi connectivity index (χ2v) is 12.4. The molecule has 2 heterocycles. The van der Waals surface area contributed by atoms with Crippen LogP contribution in [0.5, 0.6) is 0 Å². The van der Waals surface area contributed by atoms with Crippen LogP contribution in [0.1, 0.15) is 24.0 Å². The molecule has 166 valence electrons. The van der Waals surface area contributed by atoms with Crippen molar-refractivity contribution in [3.8, 4) is 0 Å². The van der Waals surface area contributed by atoms with Crippen molar-refractivity contribution in [1.82, 2.24) is 0 Å². The normalized spacial score (nSPS) is 24.2. The molecule has 1 saturated heterocycles. The third-order valence-electron chi connectivity index (χ3n) is 4.56. The Hall–Kier alpha value is -0.640. The summed E-state index contributed by atoms with van der Waals surface area (Å²) in [7, 11) is 0. The first-order valence-corrected chi connectivity index (χ1v) is 13.1. The fourth-order valence-electron chi connectivity index (χ4n) is 3.37.